The highest BCUT2D eigenvalue weighted by Crippen LogP contribution is 2.37. The number of fused-ring (bicyclic) bond motifs is 3. The van der Waals surface area contributed by atoms with Crippen LogP contribution >= 0.6 is 0 Å². The van der Waals surface area contributed by atoms with Gasteiger partial charge in [0.05, 0.1) is 5.69 Å². The Morgan fingerprint density at radius 1 is 1.00 bits per heavy atom. The van der Waals surface area contributed by atoms with Gasteiger partial charge >= 0.3 is 0 Å². The molecule has 0 spiro atoms. The Balaban J connectivity index is 1.91. The van der Waals surface area contributed by atoms with Gasteiger partial charge in [0.2, 0.25) is 0 Å². The number of unbranched alkanes of at least 4 members (excludes halogenated alkanes) is 1. The van der Waals surface area contributed by atoms with Crippen molar-refractivity contribution < 1.29 is 0 Å². The van der Waals surface area contributed by atoms with Crippen LogP contribution < -0.4 is 10.6 Å². The Hall–Kier alpha value is -2.87. The quantitative estimate of drug-likeness (QED) is 0.563. The maximum Gasteiger partial charge on any atom is 0.0629 e. The number of aromatic nitrogens is 1. The van der Waals surface area contributed by atoms with Crippen molar-refractivity contribution in [3.05, 3.63) is 76.8 Å². The lowest BCUT2D eigenvalue weighted by atomic mass is 9.75. The molecular formula is C26H28N2. The van der Waals surface area contributed by atoms with Crippen molar-refractivity contribution in [2.75, 3.05) is 0 Å². The van der Waals surface area contributed by atoms with Gasteiger partial charge in [-0.25, -0.2) is 0 Å². The third-order valence-corrected chi connectivity index (χ3v) is 5.56. The lowest BCUT2D eigenvalue weighted by Gasteiger charge is -2.29. The summed E-state index contributed by atoms with van der Waals surface area (Å²) in [6.07, 6.45) is 10.0. The molecule has 4 rings (SSSR count). The third kappa shape index (κ3) is 3.47. The minimum Gasteiger partial charge on any atom is -0.355 e. The van der Waals surface area contributed by atoms with Crippen LogP contribution in [0.1, 0.15) is 40.0 Å². The fourth-order valence-electron chi connectivity index (χ4n) is 4.20. The summed E-state index contributed by atoms with van der Waals surface area (Å²) in [5.74, 6) is 0. The van der Waals surface area contributed by atoms with Gasteiger partial charge in [-0.15, -0.1) is 0 Å². The summed E-state index contributed by atoms with van der Waals surface area (Å²) in [7, 11) is 0. The van der Waals surface area contributed by atoms with Crippen molar-refractivity contribution in [1.82, 2.24) is 4.98 Å². The monoisotopic (exact) mass is 368 g/mol. The fourth-order valence-corrected chi connectivity index (χ4v) is 4.20. The van der Waals surface area contributed by atoms with E-state index in [1.54, 1.807) is 0 Å². The highest BCUT2D eigenvalue weighted by atomic mass is 14.7. The maximum atomic E-state index is 4.65. The van der Waals surface area contributed by atoms with Crippen molar-refractivity contribution in [2.45, 2.75) is 40.0 Å². The van der Waals surface area contributed by atoms with Gasteiger partial charge in [0.1, 0.15) is 0 Å². The van der Waals surface area contributed by atoms with Crippen LogP contribution in [0.2, 0.25) is 0 Å². The Morgan fingerprint density at radius 3 is 2.54 bits per heavy atom. The molecule has 0 saturated carbocycles. The van der Waals surface area contributed by atoms with E-state index >= 15 is 0 Å². The molecule has 2 nitrogen and oxygen atoms in total. The average Bonchev–Trinajstić information content (AvgIpc) is 3.05. The molecule has 0 fully saturated rings. The lowest BCUT2D eigenvalue weighted by Crippen LogP contribution is -2.35. The number of hydrogen-bond acceptors (Lipinski definition) is 1. The number of hydrogen-bond donors (Lipinski definition) is 1. The van der Waals surface area contributed by atoms with Crippen LogP contribution in [0.15, 0.2) is 71.2 Å². The van der Waals surface area contributed by atoms with Crippen LogP contribution in [0, 0.1) is 5.41 Å². The molecule has 1 aliphatic rings. The minimum absolute atomic E-state index is 0.0420. The molecule has 0 bridgehead atoms. The predicted molar refractivity (Wildman–Crippen MR) is 121 cm³/mol. The van der Waals surface area contributed by atoms with Gasteiger partial charge in [-0.05, 0) is 48.3 Å². The van der Waals surface area contributed by atoms with E-state index in [0.29, 0.717) is 0 Å². The molecule has 1 N–H and O–H groups in total. The second-order valence-electron chi connectivity index (χ2n) is 8.10. The molecule has 0 saturated heterocycles. The topological polar surface area (TPSA) is 28.1 Å². The van der Waals surface area contributed by atoms with E-state index in [-0.39, 0.29) is 5.41 Å². The first-order valence-electron chi connectivity index (χ1n) is 10.2. The SMILES string of the molecule is CCCCC1=c2c([nH]c3ccccc23)=CC(C)(C)C1=CC=Nc1ccccc1. The lowest BCUT2D eigenvalue weighted by molar-refractivity contribution is 0.626. The van der Waals surface area contributed by atoms with Gasteiger partial charge in [0.15, 0.2) is 0 Å². The van der Waals surface area contributed by atoms with Crippen LogP contribution in [0.3, 0.4) is 0 Å². The first kappa shape index (κ1) is 18.5. The standard InChI is InChI=1S/C26H28N2/c1-4-5-13-20-22(16-17-27-19-11-7-6-8-12-19)26(2,3)18-24-25(20)21-14-9-10-15-23(21)28-24/h6-12,14-18,28H,4-5,13H2,1-3H3. The van der Waals surface area contributed by atoms with Gasteiger partial charge in [0.25, 0.3) is 0 Å². The van der Waals surface area contributed by atoms with E-state index in [0.717, 1.165) is 12.1 Å². The van der Waals surface area contributed by atoms with E-state index in [9.17, 15) is 0 Å². The largest absolute Gasteiger partial charge is 0.355 e. The zero-order valence-corrected chi connectivity index (χ0v) is 17.0. The van der Waals surface area contributed by atoms with Crippen molar-refractivity contribution in [3.8, 4) is 0 Å². The number of nitrogens with one attached hydrogen (secondary N) is 1. The smallest absolute Gasteiger partial charge is 0.0629 e. The van der Waals surface area contributed by atoms with Gasteiger partial charge in [-0.1, -0.05) is 69.7 Å². The molecule has 2 aromatic carbocycles. The molecule has 1 aromatic heterocycles. The first-order chi connectivity index (χ1) is 13.6. The zero-order valence-electron chi connectivity index (χ0n) is 17.0. The maximum absolute atomic E-state index is 4.65. The van der Waals surface area contributed by atoms with Gasteiger partial charge in [0, 0.05) is 33.1 Å². The van der Waals surface area contributed by atoms with E-state index in [2.05, 4.69) is 67.2 Å². The Morgan fingerprint density at radius 2 is 1.75 bits per heavy atom. The summed E-state index contributed by atoms with van der Waals surface area (Å²) in [5.41, 5.74) is 4.99. The summed E-state index contributed by atoms with van der Waals surface area (Å²) < 4.78 is 0. The van der Waals surface area contributed by atoms with Crippen LogP contribution in [0.25, 0.3) is 22.6 Å². The number of aromatic amines is 1. The van der Waals surface area contributed by atoms with Gasteiger partial charge < -0.3 is 4.98 Å². The number of para-hydroxylation sites is 2. The average molecular weight is 369 g/mol. The minimum atomic E-state index is -0.0420. The number of benzene rings is 2. The van der Waals surface area contributed by atoms with Gasteiger partial charge in [-0.2, -0.15) is 0 Å². The highest BCUT2D eigenvalue weighted by Gasteiger charge is 2.28. The molecule has 0 amide bonds. The first-order valence-corrected chi connectivity index (χ1v) is 10.2. The number of nitrogens with zero attached hydrogens (tertiary/aromatic N) is 1. The molecule has 28 heavy (non-hydrogen) atoms. The van der Waals surface area contributed by atoms with Crippen LogP contribution in [-0.4, -0.2) is 11.2 Å². The number of allylic oxidation sites excluding steroid dienone is 2. The van der Waals surface area contributed by atoms with Crippen LogP contribution in [0.4, 0.5) is 5.69 Å². The molecule has 2 heteroatoms. The van der Waals surface area contributed by atoms with Gasteiger partial charge in [-0.3, -0.25) is 4.99 Å². The van der Waals surface area contributed by atoms with Crippen molar-refractivity contribution in [3.63, 3.8) is 0 Å². The van der Waals surface area contributed by atoms with Crippen molar-refractivity contribution in [1.29, 1.82) is 0 Å². The Bertz CT molecular complexity index is 1160. The number of rotatable bonds is 5. The molecule has 0 atom stereocenters. The second-order valence-corrected chi connectivity index (χ2v) is 8.10. The molecule has 1 heterocycles. The highest BCUT2D eigenvalue weighted by molar-refractivity contribution is 5.90. The van der Waals surface area contributed by atoms with Crippen molar-refractivity contribution >= 4 is 34.5 Å². The summed E-state index contributed by atoms with van der Waals surface area (Å²) in [4.78, 5) is 8.29. The van der Waals surface area contributed by atoms with E-state index in [1.807, 2.05) is 36.5 Å². The molecule has 0 unspecified atom stereocenters. The molecule has 1 aliphatic carbocycles. The predicted octanol–water partition coefficient (Wildman–Crippen LogP) is 5.66. The Kier molecular flexibility index (Phi) is 5.04. The zero-order chi connectivity index (χ0) is 19.6. The summed E-state index contributed by atoms with van der Waals surface area (Å²) in [6.45, 7) is 6.86. The molecule has 0 aliphatic heterocycles. The summed E-state index contributed by atoms with van der Waals surface area (Å²) >= 11 is 0. The van der Waals surface area contributed by atoms with E-state index < -0.39 is 0 Å². The second kappa shape index (κ2) is 7.63. The molecule has 3 aromatic rings. The third-order valence-electron chi connectivity index (χ3n) is 5.56. The summed E-state index contributed by atoms with van der Waals surface area (Å²) in [6, 6.07) is 18.8. The number of aliphatic imine (C=N–C) groups is 1. The van der Waals surface area contributed by atoms with E-state index in [4.69, 9.17) is 0 Å². The fraction of sp³-hybridized carbons (Fsp3) is 0.269. The summed E-state index contributed by atoms with van der Waals surface area (Å²) in [5, 5.41) is 3.96. The Labute approximate surface area is 167 Å². The van der Waals surface area contributed by atoms with Crippen LogP contribution in [0.5, 0.6) is 0 Å². The molecule has 142 valence electrons. The van der Waals surface area contributed by atoms with E-state index in [1.165, 1.54) is 45.5 Å². The van der Waals surface area contributed by atoms with Crippen LogP contribution in [-0.2, 0) is 0 Å². The molecule has 0 radical (unpaired) electrons. The normalized spacial score (nSPS) is 17.2. The van der Waals surface area contributed by atoms with Crippen molar-refractivity contribution in [2.24, 2.45) is 10.4 Å². The molecular weight excluding hydrogens is 340 g/mol. The number of H-pyrrole nitrogens is 1.